The van der Waals surface area contributed by atoms with Crippen LogP contribution in [0.25, 0.3) is 11.0 Å². The maximum atomic E-state index is 13.1. The summed E-state index contributed by atoms with van der Waals surface area (Å²) in [5.74, 6) is 0.729. The molecule has 166 valence electrons. The summed E-state index contributed by atoms with van der Waals surface area (Å²) in [7, 11) is 0. The van der Waals surface area contributed by atoms with Gasteiger partial charge in [0, 0.05) is 53.6 Å². The van der Waals surface area contributed by atoms with Gasteiger partial charge in [-0.2, -0.15) is 0 Å². The number of likely N-dealkylation sites (tertiary alicyclic amines) is 1. The van der Waals surface area contributed by atoms with Crippen LogP contribution in [0.1, 0.15) is 30.7 Å². The summed E-state index contributed by atoms with van der Waals surface area (Å²) in [6.07, 6.45) is 6.44. The Morgan fingerprint density at radius 3 is 2.39 bits per heavy atom. The highest BCUT2D eigenvalue weighted by Gasteiger charge is 2.27. The molecule has 1 fully saturated rings. The van der Waals surface area contributed by atoms with Crippen molar-refractivity contribution >= 4 is 40.1 Å². The van der Waals surface area contributed by atoms with Crippen molar-refractivity contribution in [3.8, 4) is 0 Å². The number of anilines is 2. The van der Waals surface area contributed by atoms with Crippen LogP contribution in [0.15, 0.2) is 82.8 Å². The number of H-pyrrole nitrogens is 1. The van der Waals surface area contributed by atoms with Gasteiger partial charge in [0.1, 0.15) is 5.65 Å². The van der Waals surface area contributed by atoms with Gasteiger partial charge < -0.3 is 14.8 Å². The van der Waals surface area contributed by atoms with Gasteiger partial charge in [0.05, 0.1) is 11.4 Å². The van der Waals surface area contributed by atoms with Crippen LogP contribution in [0.5, 0.6) is 0 Å². The third-order valence-electron chi connectivity index (χ3n) is 6.85. The fourth-order valence-corrected chi connectivity index (χ4v) is 6.24. The van der Waals surface area contributed by atoms with E-state index in [0.717, 1.165) is 31.6 Å². The predicted molar refractivity (Wildman–Crippen MR) is 133 cm³/mol. The van der Waals surface area contributed by atoms with Gasteiger partial charge in [-0.15, -0.1) is 0 Å². The Hall–Kier alpha value is -3.25. The third kappa shape index (κ3) is 3.78. The number of nitrogens with zero attached hydrogens (tertiary/aromatic N) is 3. The van der Waals surface area contributed by atoms with Gasteiger partial charge in [-0.3, -0.25) is 4.79 Å². The molecule has 6 heteroatoms. The number of pyridine rings is 1. The first kappa shape index (κ1) is 20.4. The van der Waals surface area contributed by atoms with Gasteiger partial charge in [-0.05, 0) is 60.7 Å². The summed E-state index contributed by atoms with van der Waals surface area (Å²) in [6, 6.07) is 21.1. The van der Waals surface area contributed by atoms with Gasteiger partial charge in [-0.25, -0.2) is 4.98 Å². The van der Waals surface area contributed by atoms with E-state index in [1.807, 2.05) is 12.3 Å². The fourth-order valence-electron chi connectivity index (χ4n) is 5.14. The monoisotopic (exact) mass is 454 g/mol. The van der Waals surface area contributed by atoms with E-state index in [-0.39, 0.29) is 5.91 Å². The minimum Gasteiger partial charge on any atom is -0.346 e. The quantitative estimate of drug-likeness (QED) is 0.413. The molecule has 0 bridgehead atoms. The Kier molecular flexibility index (Phi) is 5.30. The largest absolute Gasteiger partial charge is 0.346 e. The molecule has 0 spiro atoms. The Balaban J connectivity index is 1.12. The van der Waals surface area contributed by atoms with Gasteiger partial charge in [0.2, 0.25) is 5.91 Å². The van der Waals surface area contributed by atoms with E-state index >= 15 is 0 Å². The molecule has 1 saturated heterocycles. The van der Waals surface area contributed by atoms with E-state index in [1.165, 1.54) is 32.1 Å². The molecule has 2 aromatic carbocycles. The average molecular weight is 455 g/mol. The second-order valence-corrected chi connectivity index (χ2v) is 9.82. The second-order valence-electron chi connectivity index (χ2n) is 8.74. The average Bonchev–Trinajstić information content (AvgIpc) is 3.31. The molecule has 0 saturated carbocycles. The summed E-state index contributed by atoms with van der Waals surface area (Å²) >= 11 is 1.80. The van der Waals surface area contributed by atoms with Gasteiger partial charge in [0.25, 0.3) is 0 Å². The number of rotatable bonds is 4. The van der Waals surface area contributed by atoms with Crippen molar-refractivity contribution < 1.29 is 4.79 Å². The molecule has 2 aliphatic heterocycles. The lowest BCUT2D eigenvalue weighted by molar-refractivity contribution is -0.132. The Morgan fingerprint density at radius 1 is 0.970 bits per heavy atom. The van der Waals surface area contributed by atoms with E-state index in [4.69, 9.17) is 0 Å². The number of aromatic amines is 1. The molecule has 2 aromatic heterocycles. The minimum absolute atomic E-state index is 0.252. The molecule has 5 nitrogen and oxygen atoms in total. The van der Waals surface area contributed by atoms with Crippen LogP contribution in [0, 0.1) is 0 Å². The standard InChI is InChI=1S/C27H26N4OS/c32-26(30-15-11-19(12-16-30)21-18-29-27-20(21)6-5-14-28-27)13-17-31-22-7-1-3-9-24(22)33-25-10-4-2-8-23(25)31/h1-10,14,18-19H,11-13,15-17H2,(H,28,29). The number of carbonyl (C=O) groups excluding carboxylic acids is 1. The molecule has 2 aliphatic rings. The minimum atomic E-state index is 0.252. The zero-order valence-electron chi connectivity index (χ0n) is 18.4. The Labute approximate surface area is 197 Å². The van der Waals surface area contributed by atoms with Crippen molar-refractivity contribution in [3.05, 3.63) is 78.6 Å². The smallest absolute Gasteiger partial charge is 0.224 e. The van der Waals surface area contributed by atoms with Crippen molar-refractivity contribution in [2.45, 2.75) is 35.0 Å². The van der Waals surface area contributed by atoms with Crippen LogP contribution in [-0.2, 0) is 4.79 Å². The molecule has 0 unspecified atom stereocenters. The molecule has 0 atom stereocenters. The van der Waals surface area contributed by atoms with Crippen molar-refractivity contribution in [1.82, 2.24) is 14.9 Å². The molecule has 33 heavy (non-hydrogen) atoms. The number of hydrogen-bond acceptors (Lipinski definition) is 4. The van der Waals surface area contributed by atoms with E-state index in [0.29, 0.717) is 18.9 Å². The van der Waals surface area contributed by atoms with E-state index in [2.05, 4.69) is 80.6 Å². The maximum Gasteiger partial charge on any atom is 0.224 e. The van der Waals surface area contributed by atoms with E-state index < -0.39 is 0 Å². The van der Waals surface area contributed by atoms with Gasteiger partial charge in [0.15, 0.2) is 0 Å². The van der Waals surface area contributed by atoms with Crippen LogP contribution in [-0.4, -0.2) is 40.4 Å². The lowest BCUT2D eigenvalue weighted by atomic mass is 9.89. The number of fused-ring (bicyclic) bond motifs is 3. The molecule has 1 amide bonds. The zero-order valence-corrected chi connectivity index (χ0v) is 19.2. The molecular formula is C27H26N4OS. The van der Waals surface area contributed by atoms with Crippen LogP contribution in [0.3, 0.4) is 0 Å². The molecular weight excluding hydrogens is 428 g/mol. The zero-order chi connectivity index (χ0) is 22.2. The first-order chi connectivity index (χ1) is 16.3. The highest BCUT2D eigenvalue weighted by Crippen LogP contribution is 2.47. The van der Waals surface area contributed by atoms with E-state index in [1.54, 1.807) is 11.8 Å². The predicted octanol–water partition coefficient (Wildman–Crippen LogP) is 5.96. The van der Waals surface area contributed by atoms with Gasteiger partial charge in [-0.1, -0.05) is 36.0 Å². The number of para-hydroxylation sites is 2. The molecule has 0 aliphatic carbocycles. The number of carbonyl (C=O) groups is 1. The molecule has 4 heterocycles. The first-order valence-corrected chi connectivity index (χ1v) is 12.4. The Bertz CT molecular complexity index is 1260. The number of nitrogens with one attached hydrogen (secondary N) is 1. The van der Waals surface area contributed by atoms with Crippen molar-refractivity contribution in [3.63, 3.8) is 0 Å². The molecule has 6 rings (SSSR count). The summed E-state index contributed by atoms with van der Waals surface area (Å²) in [5.41, 5.74) is 4.68. The van der Waals surface area contributed by atoms with Crippen molar-refractivity contribution in [1.29, 1.82) is 0 Å². The highest BCUT2D eigenvalue weighted by molar-refractivity contribution is 7.99. The number of hydrogen-bond donors (Lipinski definition) is 1. The highest BCUT2D eigenvalue weighted by atomic mass is 32.2. The van der Waals surface area contributed by atoms with Crippen LogP contribution < -0.4 is 4.90 Å². The number of amides is 1. The SMILES string of the molecule is O=C(CCN1c2ccccc2Sc2ccccc21)N1CCC(c2c[nH]c3ncccc23)CC1. The normalized spacial score (nSPS) is 16.0. The van der Waals surface area contributed by atoms with Crippen LogP contribution in [0.4, 0.5) is 11.4 Å². The number of benzene rings is 2. The molecule has 1 N–H and O–H groups in total. The third-order valence-corrected chi connectivity index (χ3v) is 7.98. The first-order valence-electron chi connectivity index (χ1n) is 11.6. The van der Waals surface area contributed by atoms with Crippen molar-refractivity contribution in [2.24, 2.45) is 0 Å². The van der Waals surface area contributed by atoms with Crippen molar-refractivity contribution in [2.75, 3.05) is 24.5 Å². The Morgan fingerprint density at radius 2 is 1.67 bits per heavy atom. The second kappa shape index (κ2) is 8.60. The summed E-state index contributed by atoms with van der Waals surface area (Å²) in [5, 5.41) is 1.21. The number of piperidine rings is 1. The van der Waals surface area contributed by atoms with E-state index in [9.17, 15) is 4.79 Å². The lowest BCUT2D eigenvalue weighted by Crippen LogP contribution is -2.39. The van der Waals surface area contributed by atoms with Gasteiger partial charge >= 0.3 is 0 Å². The fraction of sp³-hybridized carbons (Fsp3) is 0.259. The number of aromatic nitrogens is 2. The summed E-state index contributed by atoms with van der Waals surface area (Å²) < 4.78 is 0. The lowest BCUT2D eigenvalue weighted by Gasteiger charge is -2.35. The topological polar surface area (TPSA) is 52.2 Å². The van der Waals surface area contributed by atoms with Crippen LogP contribution >= 0.6 is 11.8 Å². The molecule has 0 radical (unpaired) electrons. The molecule has 4 aromatic rings. The summed E-state index contributed by atoms with van der Waals surface area (Å²) in [4.78, 5) is 27.7. The van der Waals surface area contributed by atoms with Crippen LogP contribution in [0.2, 0.25) is 0 Å². The maximum absolute atomic E-state index is 13.1. The summed E-state index contributed by atoms with van der Waals surface area (Å²) in [6.45, 7) is 2.33.